The molecule has 0 N–H and O–H groups in total. The Morgan fingerprint density at radius 2 is 1.87 bits per heavy atom. The van der Waals surface area contributed by atoms with Crippen LogP contribution in [0.25, 0.3) is 5.57 Å². The fourth-order valence-electron chi connectivity index (χ4n) is 1.50. The van der Waals surface area contributed by atoms with Crippen molar-refractivity contribution >= 4 is 5.57 Å². The van der Waals surface area contributed by atoms with Crippen molar-refractivity contribution in [3.05, 3.63) is 30.3 Å². The average molecular weight is 206 g/mol. The summed E-state index contributed by atoms with van der Waals surface area (Å²) < 4.78 is 10.4. The first kappa shape index (κ1) is 11.6. The van der Waals surface area contributed by atoms with Crippen molar-refractivity contribution in [1.82, 2.24) is 0 Å². The van der Waals surface area contributed by atoms with E-state index >= 15 is 0 Å². The predicted octanol–water partition coefficient (Wildman–Crippen LogP) is 3.52. The standard InChI is InChI=1S/C13H18O2/c1-5-6-10(2)11-7-8-12(14-3)13(9-11)15-4/h7-9H,2,5-6H2,1,3-4H3. The Labute approximate surface area is 91.5 Å². The van der Waals surface area contributed by atoms with E-state index in [4.69, 9.17) is 9.47 Å². The van der Waals surface area contributed by atoms with Gasteiger partial charge in [-0.1, -0.05) is 26.0 Å². The Hall–Kier alpha value is -1.44. The van der Waals surface area contributed by atoms with Crippen LogP contribution in [0.3, 0.4) is 0 Å². The third kappa shape index (κ3) is 2.75. The summed E-state index contributed by atoms with van der Waals surface area (Å²) in [5.41, 5.74) is 2.26. The molecule has 0 saturated heterocycles. The van der Waals surface area contributed by atoms with Gasteiger partial charge in [-0.2, -0.15) is 0 Å². The van der Waals surface area contributed by atoms with Crippen molar-refractivity contribution in [1.29, 1.82) is 0 Å². The lowest BCUT2D eigenvalue weighted by atomic mass is 10.0. The fraction of sp³-hybridized carbons (Fsp3) is 0.385. The molecule has 0 aliphatic heterocycles. The summed E-state index contributed by atoms with van der Waals surface area (Å²) in [6.45, 7) is 6.19. The van der Waals surface area contributed by atoms with Crippen LogP contribution in [0.5, 0.6) is 11.5 Å². The van der Waals surface area contributed by atoms with Crippen LogP contribution >= 0.6 is 0 Å². The van der Waals surface area contributed by atoms with E-state index in [-0.39, 0.29) is 0 Å². The Bertz CT molecular complexity index is 342. The van der Waals surface area contributed by atoms with Gasteiger partial charge in [0.1, 0.15) is 0 Å². The lowest BCUT2D eigenvalue weighted by Crippen LogP contribution is -1.92. The molecule has 1 aromatic rings. The highest BCUT2D eigenvalue weighted by molar-refractivity contribution is 5.66. The molecule has 1 aromatic carbocycles. The minimum Gasteiger partial charge on any atom is -0.493 e. The van der Waals surface area contributed by atoms with E-state index < -0.39 is 0 Å². The van der Waals surface area contributed by atoms with Crippen molar-refractivity contribution in [2.75, 3.05) is 14.2 Å². The maximum Gasteiger partial charge on any atom is 0.161 e. The molecule has 2 nitrogen and oxygen atoms in total. The molecule has 15 heavy (non-hydrogen) atoms. The molecule has 0 atom stereocenters. The normalized spacial score (nSPS) is 9.80. The van der Waals surface area contributed by atoms with Gasteiger partial charge in [0.15, 0.2) is 11.5 Å². The molecular weight excluding hydrogens is 188 g/mol. The van der Waals surface area contributed by atoms with Gasteiger partial charge in [-0.25, -0.2) is 0 Å². The van der Waals surface area contributed by atoms with Gasteiger partial charge in [0, 0.05) is 0 Å². The average Bonchev–Trinajstić information content (AvgIpc) is 2.28. The van der Waals surface area contributed by atoms with Gasteiger partial charge >= 0.3 is 0 Å². The molecule has 1 rings (SSSR count). The Balaban J connectivity index is 2.97. The van der Waals surface area contributed by atoms with Crippen LogP contribution < -0.4 is 9.47 Å². The van der Waals surface area contributed by atoms with Crippen molar-refractivity contribution in [3.63, 3.8) is 0 Å². The Morgan fingerprint density at radius 1 is 1.20 bits per heavy atom. The van der Waals surface area contributed by atoms with E-state index in [1.54, 1.807) is 14.2 Å². The molecule has 82 valence electrons. The minimum atomic E-state index is 0.755. The number of benzene rings is 1. The minimum absolute atomic E-state index is 0.755. The van der Waals surface area contributed by atoms with Gasteiger partial charge in [0.05, 0.1) is 14.2 Å². The lowest BCUT2D eigenvalue weighted by molar-refractivity contribution is 0.355. The zero-order valence-electron chi connectivity index (χ0n) is 9.67. The summed E-state index contributed by atoms with van der Waals surface area (Å²) >= 11 is 0. The first-order valence-corrected chi connectivity index (χ1v) is 5.13. The summed E-state index contributed by atoms with van der Waals surface area (Å²) in [5.74, 6) is 1.51. The van der Waals surface area contributed by atoms with Gasteiger partial charge in [0.2, 0.25) is 0 Å². The molecule has 0 bridgehead atoms. The smallest absolute Gasteiger partial charge is 0.161 e. The quantitative estimate of drug-likeness (QED) is 0.734. The number of hydrogen-bond acceptors (Lipinski definition) is 2. The van der Waals surface area contributed by atoms with Crippen molar-refractivity contribution in [2.24, 2.45) is 0 Å². The van der Waals surface area contributed by atoms with E-state index in [0.717, 1.165) is 35.5 Å². The molecular formula is C13H18O2. The first-order valence-electron chi connectivity index (χ1n) is 5.13. The number of hydrogen-bond donors (Lipinski definition) is 0. The molecule has 0 heterocycles. The number of ether oxygens (including phenoxy) is 2. The van der Waals surface area contributed by atoms with Crippen LogP contribution in [0.2, 0.25) is 0 Å². The number of allylic oxidation sites excluding steroid dienone is 1. The molecule has 0 unspecified atom stereocenters. The molecule has 0 amide bonds. The van der Waals surface area contributed by atoms with E-state index in [0.29, 0.717) is 0 Å². The summed E-state index contributed by atoms with van der Waals surface area (Å²) in [7, 11) is 3.28. The second-order valence-corrected chi connectivity index (χ2v) is 3.42. The molecule has 0 aliphatic rings. The van der Waals surface area contributed by atoms with Crippen LogP contribution in [-0.4, -0.2) is 14.2 Å². The largest absolute Gasteiger partial charge is 0.493 e. The van der Waals surface area contributed by atoms with Crippen LogP contribution in [0.4, 0.5) is 0 Å². The number of rotatable bonds is 5. The number of methoxy groups -OCH3 is 2. The van der Waals surface area contributed by atoms with Gasteiger partial charge in [-0.15, -0.1) is 0 Å². The van der Waals surface area contributed by atoms with E-state index in [1.807, 2.05) is 18.2 Å². The third-order valence-electron chi connectivity index (χ3n) is 2.34. The van der Waals surface area contributed by atoms with Crippen LogP contribution in [0.1, 0.15) is 25.3 Å². The van der Waals surface area contributed by atoms with Crippen molar-refractivity contribution in [2.45, 2.75) is 19.8 Å². The Kier molecular flexibility index (Phi) is 4.22. The highest BCUT2D eigenvalue weighted by atomic mass is 16.5. The Morgan fingerprint density at radius 3 is 2.40 bits per heavy atom. The predicted molar refractivity (Wildman–Crippen MR) is 63.5 cm³/mol. The van der Waals surface area contributed by atoms with Gasteiger partial charge in [-0.3, -0.25) is 0 Å². The lowest BCUT2D eigenvalue weighted by Gasteiger charge is -2.10. The molecule has 2 heteroatoms. The third-order valence-corrected chi connectivity index (χ3v) is 2.34. The fourth-order valence-corrected chi connectivity index (χ4v) is 1.50. The monoisotopic (exact) mass is 206 g/mol. The van der Waals surface area contributed by atoms with Crippen LogP contribution in [0.15, 0.2) is 24.8 Å². The molecule has 0 fully saturated rings. The topological polar surface area (TPSA) is 18.5 Å². The second kappa shape index (κ2) is 5.44. The summed E-state index contributed by atoms with van der Waals surface area (Å²) in [6, 6.07) is 5.89. The maximum absolute atomic E-state index is 5.24. The van der Waals surface area contributed by atoms with Crippen molar-refractivity contribution < 1.29 is 9.47 Å². The summed E-state index contributed by atoms with van der Waals surface area (Å²) in [4.78, 5) is 0. The van der Waals surface area contributed by atoms with Crippen LogP contribution in [-0.2, 0) is 0 Å². The van der Waals surface area contributed by atoms with Gasteiger partial charge < -0.3 is 9.47 Å². The first-order chi connectivity index (χ1) is 7.22. The maximum atomic E-state index is 5.24. The summed E-state index contributed by atoms with van der Waals surface area (Å²) in [5, 5.41) is 0. The summed E-state index contributed by atoms with van der Waals surface area (Å²) in [6.07, 6.45) is 2.11. The zero-order valence-corrected chi connectivity index (χ0v) is 9.67. The molecule has 0 spiro atoms. The zero-order chi connectivity index (χ0) is 11.3. The van der Waals surface area contributed by atoms with Crippen LogP contribution in [0, 0.1) is 0 Å². The molecule has 0 saturated carbocycles. The van der Waals surface area contributed by atoms with E-state index in [9.17, 15) is 0 Å². The molecule has 0 aromatic heterocycles. The second-order valence-electron chi connectivity index (χ2n) is 3.42. The highest BCUT2D eigenvalue weighted by Crippen LogP contribution is 2.30. The van der Waals surface area contributed by atoms with Crippen molar-refractivity contribution in [3.8, 4) is 11.5 Å². The highest BCUT2D eigenvalue weighted by Gasteiger charge is 2.05. The van der Waals surface area contributed by atoms with E-state index in [2.05, 4.69) is 13.5 Å². The van der Waals surface area contributed by atoms with Gasteiger partial charge in [-0.05, 0) is 29.7 Å². The molecule has 0 radical (unpaired) electrons. The molecule has 0 aliphatic carbocycles. The van der Waals surface area contributed by atoms with E-state index in [1.165, 1.54) is 0 Å². The van der Waals surface area contributed by atoms with Gasteiger partial charge in [0.25, 0.3) is 0 Å². The SMILES string of the molecule is C=C(CCC)c1ccc(OC)c(OC)c1.